The van der Waals surface area contributed by atoms with E-state index in [1.807, 2.05) is 19.3 Å². The number of hydrogen-bond acceptors (Lipinski definition) is 4. The molecule has 1 heterocycles. The summed E-state index contributed by atoms with van der Waals surface area (Å²) in [5, 5.41) is 7.08. The molecule has 0 bridgehead atoms. The van der Waals surface area contributed by atoms with Gasteiger partial charge in [-0.1, -0.05) is 6.07 Å². The van der Waals surface area contributed by atoms with Crippen LogP contribution in [0.1, 0.15) is 16.1 Å². The van der Waals surface area contributed by atoms with Crippen LogP contribution in [0.15, 0.2) is 30.5 Å². The quantitative estimate of drug-likeness (QED) is 0.796. The van der Waals surface area contributed by atoms with Gasteiger partial charge in [0.1, 0.15) is 0 Å². The molecule has 0 aliphatic heterocycles. The average Bonchev–Trinajstić information content (AvgIpc) is 2.84. The third-order valence-electron chi connectivity index (χ3n) is 2.93. The summed E-state index contributed by atoms with van der Waals surface area (Å²) in [7, 11) is 3.36. The van der Waals surface area contributed by atoms with Gasteiger partial charge in [0.15, 0.2) is 5.75 Å². The fourth-order valence-corrected chi connectivity index (χ4v) is 1.96. The Balaban J connectivity index is 1.97. The van der Waals surface area contributed by atoms with Gasteiger partial charge in [-0.15, -0.1) is 0 Å². The fraction of sp³-hybridized carbons (Fsp3) is 0.286. The van der Waals surface area contributed by atoms with Crippen LogP contribution >= 0.6 is 0 Å². The highest BCUT2D eigenvalue weighted by atomic mass is 16.5. The third kappa shape index (κ3) is 3.09. The highest BCUT2D eigenvalue weighted by molar-refractivity contribution is 5.98. The van der Waals surface area contributed by atoms with Gasteiger partial charge in [-0.25, -0.2) is 0 Å². The van der Waals surface area contributed by atoms with Crippen molar-refractivity contribution >= 4 is 11.6 Å². The predicted octanol–water partition coefficient (Wildman–Crippen LogP) is 0.983. The summed E-state index contributed by atoms with van der Waals surface area (Å²) in [5.41, 5.74) is 7.60. The van der Waals surface area contributed by atoms with Crippen molar-refractivity contribution in [2.75, 3.05) is 19.4 Å². The van der Waals surface area contributed by atoms with Crippen LogP contribution in [0.4, 0.5) is 5.69 Å². The number of methoxy groups -OCH3 is 1. The number of benzene rings is 1. The molecule has 1 aromatic heterocycles. The molecule has 6 heteroatoms. The summed E-state index contributed by atoms with van der Waals surface area (Å²) in [5.74, 6) is 0.202. The Hall–Kier alpha value is -2.50. The van der Waals surface area contributed by atoms with Crippen molar-refractivity contribution in [1.82, 2.24) is 15.1 Å². The highest BCUT2D eigenvalue weighted by Gasteiger charge is 2.13. The van der Waals surface area contributed by atoms with Crippen LogP contribution in [0.5, 0.6) is 5.75 Å². The molecule has 1 amide bonds. The molecule has 2 aromatic rings. The van der Waals surface area contributed by atoms with E-state index in [4.69, 9.17) is 10.5 Å². The van der Waals surface area contributed by atoms with Crippen LogP contribution < -0.4 is 15.8 Å². The lowest BCUT2D eigenvalue weighted by molar-refractivity contribution is 0.0951. The Bertz CT molecular complexity index is 607. The number of amides is 1. The van der Waals surface area contributed by atoms with E-state index >= 15 is 0 Å². The van der Waals surface area contributed by atoms with E-state index in [0.717, 1.165) is 5.69 Å². The SMILES string of the molecule is COc1c(N)cccc1C(=O)NCCc1ccn(C)n1. The molecule has 0 unspecified atom stereocenters. The van der Waals surface area contributed by atoms with Crippen LogP contribution in [-0.4, -0.2) is 29.3 Å². The second kappa shape index (κ2) is 6.10. The molecule has 20 heavy (non-hydrogen) atoms. The van der Waals surface area contributed by atoms with Crippen molar-refractivity contribution in [1.29, 1.82) is 0 Å². The Kier molecular flexibility index (Phi) is 4.24. The smallest absolute Gasteiger partial charge is 0.255 e. The number of nitrogens with two attached hydrogens (primary N) is 1. The maximum Gasteiger partial charge on any atom is 0.255 e. The van der Waals surface area contributed by atoms with Crippen molar-refractivity contribution < 1.29 is 9.53 Å². The predicted molar refractivity (Wildman–Crippen MR) is 76.7 cm³/mol. The van der Waals surface area contributed by atoms with Crippen LogP contribution in [0.2, 0.25) is 0 Å². The maximum absolute atomic E-state index is 12.1. The van der Waals surface area contributed by atoms with Crippen molar-refractivity contribution in [3.63, 3.8) is 0 Å². The number of nitrogens with one attached hydrogen (secondary N) is 1. The molecule has 0 radical (unpaired) electrons. The van der Waals surface area contributed by atoms with Gasteiger partial charge >= 0.3 is 0 Å². The molecule has 0 saturated carbocycles. The van der Waals surface area contributed by atoms with Gasteiger partial charge in [-0.3, -0.25) is 9.48 Å². The second-order valence-electron chi connectivity index (χ2n) is 4.41. The molecule has 0 saturated heterocycles. The van der Waals surface area contributed by atoms with Gasteiger partial charge in [0, 0.05) is 26.2 Å². The Morgan fingerprint density at radius 2 is 2.25 bits per heavy atom. The molecule has 2 rings (SSSR count). The maximum atomic E-state index is 12.1. The summed E-state index contributed by atoms with van der Waals surface area (Å²) >= 11 is 0. The number of ether oxygens (including phenoxy) is 1. The van der Waals surface area contributed by atoms with E-state index in [9.17, 15) is 4.79 Å². The van der Waals surface area contributed by atoms with Gasteiger partial charge in [0.25, 0.3) is 5.91 Å². The van der Waals surface area contributed by atoms with Gasteiger partial charge < -0.3 is 15.8 Å². The second-order valence-corrected chi connectivity index (χ2v) is 4.41. The Morgan fingerprint density at radius 3 is 2.90 bits per heavy atom. The fourth-order valence-electron chi connectivity index (χ4n) is 1.96. The summed E-state index contributed by atoms with van der Waals surface area (Å²) in [4.78, 5) is 12.1. The van der Waals surface area contributed by atoms with Crippen molar-refractivity contribution in [2.45, 2.75) is 6.42 Å². The van der Waals surface area contributed by atoms with Crippen molar-refractivity contribution in [3.05, 3.63) is 41.7 Å². The molecule has 106 valence electrons. The summed E-state index contributed by atoms with van der Waals surface area (Å²) < 4.78 is 6.90. The zero-order chi connectivity index (χ0) is 14.5. The van der Waals surface area contributed by atoms with E-state index in [-0.39, 0.29) is 5.91 Å². The molecular formula is C14H18N4O2. The lowest BCUT2D eigenvalue weighted by Gasteiger charge is -2.10. The lowest BCUT2D eigenvalue weighted by atomic mass is 10.1. The Morgan fingerprint density at radius 1 is 1.45 bits per heavy atom. The first-order valence-electron chi connectivity index (χ1n) is 6.31. The van der Waals surface area contributed by atoms with Gasteiger partial charge in [0.2, 0.25) is 0 Å². The number of aromatic nitrogens is 2. The summed E-state index contributed by atoms with van der Waals surface area (Å²) in [6.45, 7) is 0.508. The average molecular weight is 274 g/mol. The Labute approximate surface area is 117 Å². The number of rotatable bonds is 5. The third-order valence-corrected chi connectivity index (χ3v) is 2.93. The minimum absolute atomic E-state index is 0.204. The monoisotopic (exact) mass is 274 g/mol. The zero-order valence-corrected chi connectivity index (χ0v) is 11.6. The first-order valence-corrected chi connectivity index (χ1v) is 6.31. The minimum Gasteiger partial charge on any atom is -0.494 e. The first-order chi connectivity index (χ1) is 9.61. The van der Waals surface area contributed by atoms with Crippen LogP contribution in [-0.2, 0) is 13.5 Å². The molecule has 0 atom stereocenters. The number of para-hydroxylation sites is 1. The summed E-state index contributed by atoms with van der Waals surface area (Å²) in [6, 6.07) is 7.04. The van der Waals surface area contributed by atoms with Crippen molar-refractivity contribution in [3.8, 4) is 5.75 Å². The molecule has 1 aromatic carbocycles. The number of nitrogen functional groups attached to an aromatic ring is 1. The number of carbonyl (C=O) groups is 1. The zero-order valence-electron chi connectivity index (χ0n) is 11.6. The number of aryl methyl sites for hydroxylation is 1. The van der Waals surface area contributed by atoms with Gasteiger partial charge in [0.05, 0.1) is 24.1 Å². The standard InChI is InChI=1S/C14H18N4O2/c1-18-9-7-10(17-18)6-8-16-14(19)11-4-3-5-12(15)13(11)20-2/h3-5,7,9H,6,8,15H2,1-2H3,(H,16,19). The van der Waals surface area contributed by atoms with Crippen LogP contribution in [0, 0.1) is 0 Å². The highest BCUT2D eigenvalue weighted by Crippen LogP contribution is 2.25. The molecule has 0 aliphatic rings. The summed E-state index contributed by atoms with van der Waals surface area (Å²) in [6.07, 6.45) is 2.55. The molecule has 3 N–H and O–H groups in total. The number of carbonyl (C=O) groups excluding carboxylic acids is 1. The molecular weight excluding hydrogens is 256 g/mol. The minimum atomic E-state index is -0.204. The van der Waals surface area contributed by atoms with Crippen LogP contribution in [0.3, 0.4) is 0 Å². The normalized spacial score (nSPS) is 10.3. The van der Waals surface area contributed by atoms with E-state index in [0.29, 0.717) is 30.0 Å². The molecule has 0 fully saturated rings. The van der Waals surface area contributed by atoms with E-state index in [1.54, 1.807) is 22.9 Å². The topological polar surface area (TPSA) is 82.2 Å². The van der Waals surface area contributed by atoms with E-state index in [1.165, 1.54) is 7.11 Å². The van der Waals surface area contributed by atoms with Crippen LogP contribution in [0.25, 0.3) is 0 Å². The number of nitrogens with zero attached hydrogens (tertiary/aromatic N) is 2. The van der Waals surface area contributed by atoms with Gasteiger partial charge in [-0.05, 0) is 18.2 Å². The van der Waals surface area contributed by atoms with Gasteiger partial charge in [-0.2, -0.15) is 5.10 Å². The largest absolute Gasteiger partial charge is 0.494 e. The molecule has 0 spiro atoms. The molecule has 0 aliphatic carbocycles. The number of anilines is 1. The lowest BCUT2D eigenvalue weighted by Crippen LogP contribution is -2.26. The van der Waals surface area contributed by atoms with Crippen molar-refractivity contribution in [2.24, 2.45) is 7.05 Å². The molecule has 6 nitrogen and oxygen atoms in total. The number of hydrogen-bond donors (Lipinski definition) is 2. The first kappa shape index (κ1) is 13.9. The van der Waals surface area contributed by atoms with E-state index < -0.39 is 0 Å². The van der Waals surface area contributed by atoms with E-state index in [2.05, 4.69) is 10.4 Å².